The summed E-state index contributed by atoms with van der Waals surface area (Å²) >= 11 is 0. The monoisotopic (exact) mass is 851 g/mol. The molecule has 5 aliphatic rings. The summed E-state index contributed by atoms with van der Waals surface area (Å²) < 4.78 is 23.1. The fourth-order valence-electron chi connectivity index (χ4n) is 12.9. The fraction of sp³-hybridized carbons (Fsp3) is 0.708. The lowest BCUT2D eigenvalue weighted by atomic mass is 9.42. The van der Waals surface area contributed by atoms with Gasteiger partial charge in [0.05, 0.1) is 43.4 Å². The summed E-state index contributed by atoms with van der Waals surface area (Å²) in [4.78, 5) is 52.2. The number of aliphatic hydroxyl groups is 4. The number of carbonyl (C=O) groups excluding carboxylic acids is 4. The van der Waals surface area contributed by atoms with Crippen LogP contribution >= 0.6 is 0 Å². The molecule has 0 aromatic heterocycles. The Kier molecular flexibility index (Phi) is 12.9. The molecule has 1 aromatic carbocycles. The molecule has 1 amide bonds. The van der Waals surface area contributed by atoms with Crippen LogP contribution in [0.2, 0.25) is 0 Å². The first-order valence-electron chi connectivity index (χ1n) is 22.0. The third-order valence-electron chi connectivity index (χ3n) is 15.9. The maximum atomic E-state index is 13.8. The number of benzene rings is 1. The van der Waals surface area contributed by atoms with Gasteiger partial charge in [-0.15, -0.1) is 0 Å². The van der Waals surface area contributed by atoms with Gasteiger partial charge in [-0.1, -0.05) is 76.1 Å². The van der Waals surface area contributed by atoms with E-state index in [1.807, 2.05) is 19.9 Å². The Bertz CT molecular complexity index is 1920. The van der Waals surface area contributed by atoms with Crippen LogP contribution in [0.25, 0.3) is 6.08 Å². The highest BCUT2D eigenvalue weighted by atomic mass is 16.6. The van der Waals surface area contributed by atoms with Crippen LogP contribution < -0.4 is 5.32 Å². The Morgan fingerprint density at radius 3 is 2.20 bits per heavy atom. The first-order chi connectivity index (χ1) is 28.3. The van der Waals surface area contributed by atoms with Crippen molar-refractivity contribution in [3.8, 4) is 0 Å². The van der Waals surface area contributed by atoms with Crippen molar-refractivity contribution in [2.45, 2.75) is 168 Å². The highest BCUT2D eigenvalue weighted by Gasteiger charge is 2.69. The number of esters is 3. The lowest BCUT2D eigenvalue weighted by Gasteiger charge is -2.64. The maximum absolute atomic E-state index is 13.8. The van der Waals surface area contributed by atoms with E-state index in [0.717, 1.165) is 25.7 Å². The molecule has 338 valence electrons. The van der Waals surface area contributed by atoms with Crippen molar-refractivity contribution >= 4 is 29.9 Å². The number of hydrogen-bond donors (Lipinski definition) is 5. The van der Waals surface area contributed by atoms with Crippen LogP contribution in [0.15, 0.2) is 47.2 Å². The number of allylic oxidation sites excluding steroid dienone is 1. The number of hydrogen-bond acceptors (Lipinski definition) is 12. The first-order valence-corrected chi connectivity index (χ1v) is 22.0. The predicted octanol–water partition coefficient (Wildman–Crippen LogP) is 5.91. The Labute approximate surface area is 360 Å². The van der Waals surface area contributed by atoms with E-state index >= 15 is 0 Å². The van der Waals surface area contributed by atoms with Gasteiger partial charge >= 0.3 is 17.9 Å². The quantitative estimate of drug-likeness (QED) is 0.0766. The number of rotatable bonds is 11. The van der Waals surface area contributed by atoms with Crippen LogP contribution in [0, 0.1) is 39.4 Å². The van der Waals surface area contributed by atoms with Gasteiger partial charge in [0.2, 0.25) is 5.91 Å². The summed E-state index contributed by atoms with van der Waals surface area (Å²) in [5, 5.41) is 48.3. The molecule has 0 radical (unpaired) electrons. The Morgan fingerprint density at radius 2 is 1.59 bits per heavy atom. The van der Waals surface area contributed by atoms with Crippen molar-refractivity contribution in [2.75, 3.05) is 7.11 Å². The molecule has 0 bridgehead atoms. The summed E-state index contributed by atoms with van der Waals surface area (Å²) in [6.45, 7) is 16.8. The molecule has 13 nitrogen and oxygen atoms in total. The molecule has 1 saturated heterocycles. The van der Waals surface area contributed by atoms with Gasteiger partial charge in [0.15, 0.2) is 6.29 Å². The molecular weight excluding hydrogens is 783 g/mol. The molecule has 1 heterocycles. The number of nitrogens with one attached hydrogen (secondary N) is 1. The summed E-state index contributed by atoms with van der Waals surface area (Å²) in [6.07, 6.45) is 1.73. The number of amides is 1. The average molecular weight is 852 g/mol. The highest BCUT2D eigenvalue weighted by Crippen LogP contribution is 2.73. The second-order valence-electron chi connectivity index (χ2n) is 20.8. The molecule has 3 fully saturated rings. The van der Waals surface area contributed by atoms with Gasteiger partial charge < -0.3 is 44.7 Å². The molecule has 61 heavy (non-hydrogen) atoms. The van der Waals surface area contributed by atoms with Crippen LogP contribution in [0.3, 0.4) is 0 Å². The van der Waals surface area contributed by atoms with Gasteiger partial charge in [0.25, 0.3) is 0 Å². The first kappa shape index (κ1) is 46.9. The smallest absolute Gasteiger partial charge is 0.354 e. The van der Waals surface area contributed by atoms with E-state index in [4.69, 9.17) is 18.9 Å². The molecule has 1 aliphatic heterocycles. The van der Waals surface area contributed by atoms with Crippen molar-refractivity contribution in [1.82, 2.24) is 5.32 Å². The van der Waals surface area contributed by atoms with E-state index < -0.39 is 94.8 Å². The zero-order valence-electron chi connectivity index (χ0n) is 37.7. The standard InChI is InChI=1S/C48H69NO12/c1-27(50)59-34-24-46(7)32-23-36(51)48(9)30(29-16-19-37(44(4,5)56)60-41(29)54)20-21-47(48,8)31(32)17-18-35(46)43(2,3)40(34)61-39(53)26-45(6,57)25-38(52)49-33(42(55)58-10)22-28-14-12-11-13-15-28/h11-15,22,29-30,34-37,40-41,51,54,56-57H,16-21,23-26H2,1-10H3,(H,49,52)/b33-22-/t29-,30-,34-,35+,36+,37-,40+,41-,45?,46-,47+,48+/m1/s1. The van der Waals surface area contributed by atoms with Crippen LogP contribution in [0.4, 0.5) is 0 Å². The lowest BCUT2D eigenvalue weighted by molar-refractivity contribution is -0.251. The average Bonchev–Trinajstić information content (AvgIpc) is 3.44. The van der Waals surface area contributed by atoms with Crippen molar-refractivity contribution in [3.63, 3.8) is 0 Å². The van der Waals surface area contributed by atoms with Gasteiger partial charge in [-0.25, -0.2) is 4.79 Å². The van der Waals surface area contributed by atoms with E-state index in [1.54, 1.807) is 38.1 Å². The van der Waals surface area contributed by atoms with Crippen molar-refractivity contribution in [1.29, 1.82) is 0 Å². The van der Waals surface area contributed by atoms with Crippen LogP contribution in [0.1, 0.15) is 132 Å². The van der Waals surface area contributed by atoms with Gasteiger partial charge in [0, 0.05) is 23.7 Å². The Hall–Kier alpha value is -3.62. The number of ether oxygens (including phenoxy) is 4. The Balaban J connectivity index is 1.21. The lowest BCUT2D eigenvalue weighted by Crippen LogP contribution is -2.63. The Morgan fingerprint density at radius 1 is 0.918 bits per heavy atom. The summed E-state index contributed by atoms with van der Waals surface area (Å²) in [5.41, 5.74) is -2.09. The van der Waals surface area contributed by atoms with Gasteiger partial charge in [0.1, 0.15) is 17.9 Å². The third-order valence-corrected chi connectivity index (χ3v) is 15.9. The molecule has 12 atom stereocenters. The zero-order valence-corrected chi connectivity index (χ0v) is 37.7. The van der Waals surface area contributed by atoms with Crippen LogP contribution in [-0.4, -0.2) is 93.3 Å². The van der Waals surface area contributed by atoms with E-state index in [1.165, 1.54) is 38.2 Å². The molecule has 1 aromatic rings. The van der Waals surface area contributed by atoms with E-state index in [-0.39, 0.29) is 28.9 Å². The summed E-state index contributed by atoms with van der Waals surface area (Å²) in [6, 6.07) is 8.86. The number of carbonyl (C=O) groups is 4. The predicted molar refractivity (Wildman–Crippen MR) is 226 cm³/mol. The maximum Gasteiger partial charge on any atom is 0.354 e. The van der Waals surface area contributed by atoms with Gasteiger partial charge in [-0.05, 0) is 106 Å². The fourth-order valence-corrected chi connectivity index (χ4v) is 12.9. The van der Waals surface area contributed by atoms with Gasteiger partial charge in [-0.2, -0.15) is 0 Å². The number of aliphatic hydroxyl groups excluding tert-OH is 2. The van der Waals surface area contributed by atoms with Crippen LogP contribution in [-0.2, 0) is 38.1 Å². The summed E-state index contributed by atoms with van der Waals surface area (Å²) in [5.74, 6) is -3.00. The highest BCUT2D eigenvalue weighted by molar-refractivity contribution is 5.98. The molecular formula is C48H69NO12. The van der Waals surface area contributed by atoms with Crippen molar-refractivity contribution in [2.24, 2.45) is 39.4 Å². The second-order valence-corrected chi connectivity index (χ2v) is 20.8. The molecule has 0 spiro atoms. The minimum atomic E-state index is -1.86. The second kappa shape index (κ2) is 16.8. The normalized spacial score (nSPS) is 37.0. The molecule has 4 aliphatic carbocycles. The summed E-state index contributed by atoms with van der Waals surface area (Å²) in [7, 11) is 1.19. The topological polar surface area (TPSA) is 198 Å². The minimum Gasteiger partial charge on any atom is -0.464 e. The SMILES string of the molecule is COC(=O)/C(=C/c1ccccc1)NC(=O)CC(C)(O)CC(=O)O[C@H]1[C@H](OC(C)=O)C[C@]2(C)C3=C(CC[C@H]2C1(C)C)[C@]1(C)CC[C@H]([C@H]2CC[C@H](C(C)(C)O)O[C@H]2O)[C@@]1(C)[C@@H](O)C3. The van der Waals surface area contributed by atoms with Crippen LogP contribution in [0.5, 0.6) is 0 Å². The van der Waals surface area contributed by atoms with E-state index in [2.05, 4.69) is 26.1 Å². The molecule has 2 saturated carbocycles. The largest absolute Gasteiger partial charge is 0.464 e. The van der Waals surface area contributed by atoms with E-state index in [9.17, 15) is 39.6 Å². The molecule has 13 heteroatoms. The number of methoxy groups -OCH3 is 1. The van der Waals surface area contributed by atoms with Crippen molar-refractivity contribution < 1.29 is 58.6 Å². The molecule has 1 unspecified atom stereocenters. The van der Waals surface area contributed by atoms with E-state index in [0.29, 0.717) is 31.2 Å². The molecule has 6 rings (SSSR count). The van der Waals surface area contributed by atoms with Crippen molar-refractivity contribution in [3.05, 3.63) is 52.7 Å². The number of fused-ring (bicyclic) bond motifs is 4. The zero-order chi connectivity index (χ0) is 45.1. The minimum absolute atomic E-state index is 0.00541. The molecule has 5 N–H and O–H groups in total. The third kappa shape index (κ3) is 8.71. The van der Waals surface area contributed by atoms with Gasteiger partial charge in [-0.3, -0.25) is 14.4 Å².